The van der Waals surface area contributed by atoms with Gasteiger partial charge in [0.1, 0.15) is 5.75 Å². The lowest BCUT2D eigenvalue weighted by molar-refractivity contribution is 0.0911. The number of ether oxygens (including phenoxy) is 2. The minimum Gasteiger partial charge on any atom is -0.494 e. The van der Waals surface area contributed by atoms with Crippen LogP contribution in [0, 0.1) is 5.92 Å². The number of benzene rings is 1. The Morgan fingerprint density at radius 1 is 1.17 bits per heavy atom. The molecular weight excluding hydrogens is 226 g/mol. The molecule has 0 spiro atoms. The van der Waals surface area contributed by atoms with E-state index >= 15 is 0 Å². The highest BCUT2D eigenvalue weighted by atomic mass is 16.5. The van der Waals surface area contributed by atoms with Gasteiger partial charge in [-0.25, -0.2) is 0 Å². The summed E-state index contributed by atoms with van der Waals surface area (Å²) in [5.41, 5.74) is 1.16. The van der Waals surface area contributed by atoms with Gasteiger partial charge in [0, 0.05) is 12.2 Å². The molecule has 0 aliphatic carbocycles. The fourth-order valence-electron chi connectivity index (χ4n) is 1.81. The van der Waals surface area contributed by atoms with E-state index in [-0.39, 0.29) is 6.04 Å². The zero-order valence-electron chi connectivity index (χ0n) is 11.9. The zero-order chi connectivity index (χ0) is 13.4. The normalized spacial score (nSPS) is 12.7. The van der Waals surface area contributed by atoms with Crippen molar-refractivity contribution in [2.24, 2.45) is 5.92 Å². The summed E-state index contributed by atoms with van der Waals surface area (Å²) in [5.74, 6) is 1.50. The molecule has 0 aliphatic heterocycles. The summed E-state index contributed by atoms with van der Waals surface area (Å²) in [6.45, 7) is 8.44. The van der Waals surface area contributed by atoms with Gasteiger partial charge >= 0.3 is 0 Å². The number of rotatable bonds is 8. The average Bonchev–Trinajstić information content (AvgIpc) is 2.36. The van der Waals surface area contributed by atoms with Gasteiger partial charge in [-0.15, -0.1) is 0 Å². The summed E-state index contributed by atoms with van der Waals surface area (Å²) in [4.78, 5) is 0. The minimum atomic E-state index is 0.173. The third-order valence-electron chi connectivity index (χ3n) is 2.68. The van der Waals surface area contributed by atoms with Crippen LogP contribution in [0.5, 0.6) is 5.75 Å². The second kappa shape index (κ2) is 8.11. The fourth-order valence-corrected chi connectivity index (χ4v) is 1.81. The summed E-state index contributed by atoms with van der Waals surface area (Å²) < 4.78 is 11.4. The van der Waals surface area contributed by atoms with Crippen LogP contribution in [-0.4, -0.2) is 26.9 Å². The van der Waals surface area contributed by atoms with Crippen molar-refractivity contribution in [1.82, 2.24) is 5.32 Å². The highest BCUT2D eigenvalue weighted by Crippen LogP contribution is 2.25. The largest absolute Gasteiger partial charge is 0.494 e. The van der Waals surface area contributed by atoms with Crippen LogP contribution < -0.4 is 10.1 Å². The molecule has 1 unspecified atom stereocenters. The molecular formula is C15H25NO2. The molecule has 102 valence electrons. The molecule has 0 fully saturated rings. The van der Waals surface area contributed by atoms with Crippen LogP contribution in [0.4, 0.5) is 0 Å². The first-order valence-electron chi connectivity index (χ1n) is 6.65. The second-order valence-electron chi connectivity index (χ2n) is 4.74. The van der Waals surface area contributed by atoms with E-state index in [1.54, 1.807) is 0 Å². The molecule has 18 heavy (non-hydrogen) atoms. The molecule has 3 nitrogen and oxygen atoms in total. The van der Waals surface area contributed by atoms with Crippen molar-refractivity contribution in [2.45, 2.75) is 26.8 Å². The number of hydrogen-bond acceptors (Lipinski definition) is 3. The lowest BCUT2D eigenvalue weighted by Crippen LogP contribution is -2.23. The van der Waals surface area contributed by atoms with E-state index in [1.807, 2.05) is 32.2 Å². The Labute approximate surface area is 110 Å². The van der Waals surface area contributed by atoms with Crippen LogP contribution in [0.15, 0.2) is 24.3 Å². The molecule has 0 saturated carbocycles. The fraction of sp³-hybridized carbons (Fsp3) is 0.600. The molecule has 1 aromatic rings. The third-order valence-corrected chi connectivity index (χ3v) is 2.68. The summed E-state index contributed by atoms with van der Waals surface area (Å²) >= 11 is 0. The Balaban J connectivity index is 2.68. The molecule has 0 heterocycles. The maximum atomic E-state index is 5.72. The van der Waals surface area contributed by atoms with Crippen molar-refractivity contribution in [2.75, 3.05) is 26.9 Å². The molecule has 1 rings (SSSR count). The van der Waals surface area contributed by atoms with Gasteiger partial charge in [-0.1, -0.05) is 32.0 Å². The Morgan fingerprint density at radius 3 is 2.50 bits per heavy atom. The quantitative estimate of drug-likeness (QED) is 0.770. The Bertz CT molecular complexity index is 339. The first kappa shape index (κ1) is 15.0. The molecule has 0 radical (unpaired) electrons. The molecule has 0 bridgehead atoms. The molecule has 1 atom stereocenters. The van der Waals surface area contributed by atoms with E-state index in [4.69, 9.17) is 9.47 Å². The monoisotopic (exact) mass is 251 g/mol. The second-order valence-corrected chi connectivity index (χ2v) is 4.74. The molecule has 3 heteroatoms. The van der Waals surface area contributed by atoms with Crippen LogP contribution in [0.25, 0.3) is 0 Å². The van der Waals surface area contributed by atoms with Crippen LogP contribution in [0.1, 0.15) is 32.4 Å². The number of para-hydroxylation sites is 1. The highest BCUT2D eigenvalue weighted by molar-refractivity contribution is 5.36. The molecule has 0 amide bonds. The van der Waals surface area contributed by atoms with Gasteiger partial charge in [0.15, 0.2) is 0 Å². The Hall–Kier alpha value is -1.06. The van der Waals surface area contributed by atoms with Gasteiger partial charge in [0.2, 0.25) is 0 Å². The third kappa shape index (κ3) is 4.67. The van der Waals surface area contributed by atoms with Crippen molar-refractivity contribution in [3.8, 4) is 5.75 Å². The topological polar surface area (TPSA) is 30.5 Å². The van der Waals surface area contributed by atoms with Crippen molar-refractivity contribution < 1.29 is 9.47 Å². The Kier molecular flexibility index (Phi) is 6.76. The van der Waals surface area contributed by atoms with Crippen LogP contribution >= 0.6 is 0 Å². The van der Waals surface area contributed by atoms with Gasteiger partial charge in [0.05, 0.1) is 19.3 Å². The molecule has 0 aliphatic rings. The van der Waals surface area contributed by atoms with Crippen LogP contribution in [-0.2, 0) is 4.74 Å². The first-order valence-corrected chi connectivity index (χ1v) is 6.65. The van der Waals surface area contributed by atoms with E-state index in [1.165, 1.54) is 0 Å². The van der Waals surface area contributed by atoms with Crippen molar-refractivity contribution in [1.29, 1.82) is 0 Å². The van der Waals surface area contributed by atoms with E-state index in [0.717, 1.165) is 17.9 Å². The number of likely N-dealkylation sites (N-methyl/N-ethyl adjacent to an activating group) is 1. The van der Waals surface area contributed by atoms with E-state index in [2.05, 4.69) is 25.2 Å². The highest BCUT2D eigenvalue weighted by Gasteiger charge is 2.14. The van der Waals surface area contributed by atoms with E-state index in [9.17, 15) is 0 Å². The van der Waals surface area contributed by atoms with Gasteiger partial charge in [-0.3, -0.25) is 0 Å². The smallest absolute Gasteiger partial charge is 0.124 e. The first-order chi connectivity index (χ1) is 8.69. The molecule has 1 aromatic carbocycles. The zero-order valence-corrected chi connectivity index (χ0v) is 11.9. The SMILES string of the molecule is CCOc1ccccc1C(COCC(C)C)NC. The van der Waals surface area contributed by atoms with E-state index in [0.29, 0.717) is 19.1 Å². The summed E-state index contributed by atoms with van der Waals surface area (Å²) in [6.07, 6.45) is 0. The predicted octanol–water partition coefficient (Wildman–Crippen LogP) is 3.02. The summed E-state index contributed by atoms with van der Waals surface area (Å²) in [7, 11) is 1.95. The van der Waals surface area contributed by atoms with Crippen molar-refractivity contribution in [3.63, 3.8) is 0 Å². The van der Waals surface area contributed by atoms with Crippen LogP contribution in [0.2, 0.25) is 0 Å². The van der Waals surface area contributed by atoms with Gasteiger partial charge in [-0.2, -0.15) is 0 Å². The van der Waals surface area contributed by atoms with Crippen molar-refractivity contribution in [3.05, 3.63) is 29.8 Å². The van der Waals surface area contributed by atoms with Gasteiger partial charge < -0.3 is 14.8 Å². The Morgan fingerprint density at radius 2 is 1.89 bits per heavy atom. The summed E-state index contributed by atoms with van der Waals surface area (Å²) in [5, 5.41) is 3.29. The van der Waals surface area contributed by atoms with Crippen molar-refractivity contribution >= 4 is 0 Å². The number of hydrogen-bond donors (Lipinski definition) is 1. The van der Waals surface area contributed by atoms with E-state index < -0.39 is 0 Å². The predicted molar refractivity (Wildman–Crippen MR) is 75.1 cm³/mol. The minimum absolute atomic E-state index is 0.173. The maximum Gasteiger partial charge on any atom is 0.124 e. The summed E-state index contributed by atoms with van der Waals surface area (Å²) in [6, 6.07) is 8.30. The van der Waals surface area contributed by atoms with Gasteiger partial charge in [-0.05, 0) is 26.0 Å². The molecule has 0 aromatic heterocycles. The number of nitrogens with one attached hydrogen (secondary N) is 1. The molecule has 1 N–H and O–H groups in total. The maximum absolute atomic E-state index is 5.72. The molecule has 0 saturated heterocycles. The lowest BCUT2D eigenvalue weighted by Gasteiger charge is -2.20. The average molecular weight is 251 g/mol. The standard InChI is InChI=1S/C15H25NO2/c1-5-18-15-9-7-6-8-13(15)14(16-4)11-17-10-12(2)3/h6-9,12,14,16H,5,10-11H2,1-4H3. The lowest BCUT2D eigenvalue weighted by atomic mass is 10.1. The van der Waals surface area contributed by atoms with Gasteiger partial charge in [0.25, 0.3) is 0 Å². The van der Waals surface area contributed by atoms with Crippen LogP contribution in [0.3, 0.4) is 0 Å².